The lowest BCUT2D eigenvalue weighted by Gasteiger charge is -2.22. The van der Waals surface area contributed by atoms with Crippen molar-refractivity contribution in [3.8, 4) is 0 Å². The fourth-order valence-electron chi connectivity index (χ4n) is 1.89. The van der Waals surface area contributed by atoms with Gasteiger partial charge in [0.1, 0.15) is 10.2 Å². The second-order valence-electron chi connectivity index (χ2n) is 5.08. The van der Waals surface area contributed by atoms with Crippen molar-refractivity contribution >= 4 is 27.5 Å². The molecule has 1 amide bonds. The number of nitrogens with one attached hydrogen (secondary N) is 1. The lowest BCUT2D eigenvalue weighted by molar-refractivity contribution is -0.132. The third-order valence-electron chi connectivity index (χ3n) is 3.22. The Balaban J connectivity index is 1.96. The first-order chi connectivity index (χ1) is 9.97. The zero-order valence-corrected chi connectivity index (χ0v) is 13.3. The largest absolute Gasteiger partial charge is 0.380 e. The molecule has 5 heteroatoms. The molecule has 1 atom stereocenters. The SMILES string of the molecule is CC(O)(CCc1ccccc1)C(=O)Nc1ccnc(Br)c1. The first kappa shape index (κ1) is 15.7. The van der Waals surface area contributed by atoms with Gasteiger partial charge in [-0.25, -0.2) is 4.98 Å². The second-order valence-corrected chi connectivity index (χ2v) is 5.89. The van der Waals surface area contributed by atoms with Gasteiger partial charge in [-0.15, -0.1) is 0 Å². The topological polar surface area (TPSA) is 62.2 Å². The number of carbonyl (C=O) groups excluding carboxylic acids is 1. The highest BCUT2D eigenvalue weighted by Crippen LogP contribution is 2.18. The number of nitrogens with zero attached hydrogens (tertiary/aromatic N) is 1. The number of anilines is 1. The van der Waals surface area contributed by atoms with Crippen LogP contribution in [0.1, 0.15) is 18.9 Å². The number of halogens is 1. The highest BCUT2D eigenvalue weighted by molar-refractivity contribution is 9.10. The smallest absolute Gasteiger partial charge is 0.256 e. The van der Waals surface area contributed by atoms with E-state index in [1.54, 1.807) is 18.3 Å². The Morgan fingerprint density at radius 3 is 2.71 bits per heavy atom. The molecule has 1 unspecified atom stereocenters. The number of hydrogen-bond donors (Lipinski definition) is 2. The van der Waals surface area contributed by atoms with E-state index in [0.29, 0.717) is 23.1 Å². The van der Waals surface area contributed by atoms with Crippen LogP contribution in [0.5, 0.6) is 0 Å². The Morgan fingerprint density at radius 2 is 2.05 bits per heavy atom. The summed E-state index contributed by atoms with van der Waals surface area (Å²) in [6, 6.07) is 13.1. The van der Waals surface area contributed by atoms with Gasteiger partial charge in [0.05, 0.1) is 0 Å². The van der Waals surface area contributed by atoms with Gasteiger partial charge in [-0.3, -0.25) is 4.79 Å². The summed E-state index contributed by atoms with van der Waals surface area (Å²) in [6.07, 6.45) is 2.58. The number of benzene rings is 1. The van der Waals surface area contributed by atoms with Crippen molar-refractivity contribution in [1.29, 1.82) is 0 Å². The molecule has 0 aliphatic heterocycles. The van der Waals surface area contributed by atoms with Gasteiger partial charge in [0.15, 0.2) is 0 Å². The summed E-state index contributed by atoms with van der Waals surface area (Å²) in [7, 11) is 0. The van der Waals surface area contributed by atoms with Gasteiger partial charge in [0.25, 0.3) is 5.91 Å². The summed E-state index contributed by atoms with van der Waals surface area (Å²) in [5.74, 6) is -0.420. The minimum Gasteiger partial charge on any atom is -0.380 e. The predicted octanol–water partition coefficient (Wildman–Crippen LogP) is 3.17. The van der Waals surface area contributed by atoms with E-state index in [1.807, 2.05) is 30.3 Å². The fraction of sp³-hybridized carbons (Fsp3) is 0.250. The third kappa shape index (κ3) is 4.65. The van der Waals surface area contributed by atoms with Crippen LogP contribution in [0.25, 0.3) is 0 Å². The molecule has 4 nitrogen and oxygen atoms in total. The van der Waals surface area contributed by atoms with E-state index in [9.17, 15) is 9.90 Å². The third-order valence-corrected chi connectivity index (χ3v) is 3.65. The standard InChI is InChI=1S/C16H17BrN2O2/c1-16(21,9-7-12-5-3-2-4-6-12)15(20)19-13-8-10-18-14(17)11-13/h2-6,8,10-11,21H,7,9H2,1H3,(H,18,19,20). The number of carbonyl (C=O) groups is 1. The van der Waals surface area contributed by atoms with Gasteiger partial charge in [-0.05, 0) is 53.4 Å². The molecular formula is C16H17BrN2O2. The Labute approximate surface area is 132 Å². The van der Waals surface area contributed by atoms with Crippen LogP contribution in [0.3, 0.4) is 0 Å². The molecule has 2 aromatic rings. The van der Waals surface area contributed by atoms with Gasteiger partial charge in [0, 0.05) is 11.9 Å². The van der Waals surface area contributed by atoms with E-state index in [-0.39, 0.29) is 0 Å². The summed E-state index contributed by atoms with van der Waals surface area (Å²) in [4.78, 5) is 16.2. The number of amides is 1. The summed E-state index contributed by atoms with van der Waals surface area (Å²) in [5.41, 5.74) is 0.269. The number of rotatable bonds is 5. The van der Waals surface area contributed by atoms with Crippen LogP contribution in [0, 0.1) is 0 Å². The Bertz CT molecular complexity index is 615. The summed E-state index contributed by atoms with van der Waals surface area (Å²) in [6.45, 7) is 1.53. The average molecular weight is 349 g/mol. The molecule has 2 N–H and O–H groups in total. The highest BCUT2D eigenvalue weighted by atomic mass is 79.9. The molecule has 0 aliphatic carbocycles. The number of hydrogen-bond acceptors (Lipinski definition) is 3. The molecule has 0 saturated carbocycles. The monoisotopic (exact) mass is 348 g/mol. The molecular weight excluding hydrogens is 332 g/mol. The quantitative estimate of drug-likeness (QED) is 0.815. The van der Waals surface area contributed by atoms with Crippen molar-refractivity contribution in [1.82, 2.24) is 4.98 Å². The summed E-state index contributed by atoms with van der Waals surface area (Å²) >= 11 is 3.24. The maximum absolute atomic E-state index is 12.2. The fourth-order valence-corrected chi connectivity index (χ4v) is 2.26. The van der Waals surface area contributed by atoms with Crippen LogP contribution in [0.2, 0.25) is 0 Å². The number of aromatic nitrogens is 1. The van der Waals surface area contributed by atoms with E-state index >= 15 is 0 Å². The Morgan fingerprint density at radius 1 is 1.33 bits per heavy atom. The van der Waals surface area contributed by atoms with Gasteiger partial charge in [-0.1, -0.05) is 30.3 Å². The average Bonchev–Trinajstić information content (AvgIpc) is 2.46. The van der Waals surface area contributed by atoms with Crippen molar-refractivity contribution < 1.29 is 9.90 Å². The molecule has 1 aromatic heterocycles. The first-order valence-electron chi connectivity index (χ1n) is 6.67. The molecule has 2 rings (SSSR count). The highest BCUT2D eigenvalue weighted by Gasteiger charge is 2.29. The van der Waals surface area contributed by atoms with E-state index in [1.165, 1.54) is 6.92 Å². The molecule has 0 radical (unpaired) electrons. The molecule has 1 heterocycles. The summed E-state index contributed by atoms with van der Waals surface area (Å²) < 4.78 is 0.629. The number of aryl methyl sites for hydroxylation is 1. The van der Waals surface area contributed by atoms with Crippen LogP contribution in [0.4, 0.5) is 5.69 Å². The van der Waals surface area contributed by atoms with Crippen LogP contribution < -0.4 is 5.32 Å². The second kappa shape index (κ2) is 6.83. The maximum Gasteiger partial charge on any atom is 0.256 e. The van der Waals surface area contributed by atoms with Gasteiger partial charge in [0.2, 0.25) is 0 Å². The van der Waals surface area contributed by atoms with Crippen molar-refractivity contribution in [2.45, 2.75) is 25.4 Å². The zero-order valence-electron chi connectivity index (χ0n) is 11.7. The van der Waals surface area contributed by atoms with Gasteiger partial charge in [-0.2, -0.15) is 0 Å². The first-order valence-corrected chi connectivity index (χ1v) is 7.46. The zero-order chi connectivity index (χ0) is 15.3. The van der Waals surface area contributed by atoms with Crippen LogP contribution in [-0.4, -0.2) is 21.6 Å². The van der Waals surface area contributed by atoms with Crippen molar-refractivity contribution in [2.24, 2.45) is 0 Å². The summed E-state index contributed by atoms with van der Waals surface area (Å²) in [5, 5.41) is 13.0. The lowest BCUT2D eigenvalue weighted by Crippen LogP contribution is -2.40. The van der Waals surface area contributed by atoms with Crippen molar-refractivity contribution in [3.63, 3.8) is 0 Å². The van der Waals surface area contributed by atoms with E-state index in [0.717, 1.165) is 5.56 Å². The van der Waals surface area contributed by atoms with Crippen molar-refractivity contribution in [2.75, 3.05) is 5.32 Å². The molecule has 21 heavy (non-hydrogen) atoms. The maximum atomic E-state index is 12.2. The van der Waals surface area contributed by atoms with Gasteiger partial charge < -0.3 is 10.4 Å². The van der Waals surface area contributed by atoms with E-state index in [2.05, 4.69) is 26.2 Å². The van der Waals surface area contributed by atoms with E-state index in [4.69, 9.17) is 0 Å². The van der Waals surface area contributed by atoms with Gasteiger partial charge >= 0.3 is 0 Å². The lowest BCUT2D eigenvalue weighted by atomic mass is 9.96. The van der Waals surface area contributed by atoms with Crippen LogP contribution in [0.15, 0.2) is 53.3 Å². The molecule has 0 fully saturated rings. The minimum atomic E-state index is -1.43. The molecule has 0 aliphatic rings. The van der Waals surface area contributed by atoms with Crippen LogP contribution in [-0.2, 0) is 11.2 Å². The number of aliphatic hydroxyl groups is 1. The normalized spacial score (nSPS) is 13.5. The van der Waals surface area contributed by atoms with Crippen LogP contribution >= 0.6 is 15.9 Å². The molecule has 0 spiro atoms. The molecule has 0 saturated heterocycles. The molecule has 110 valence electrons. The minimum absolute atomic E-state index is 0.356. The van der Waals surface area contributed by atoms with E-state index < -0.39 is 11.5 Å². The predicted molar refractivity (Wildman–Crippen MR) is 86.0 cm³/mol. The molecule has 1 aromatic carbocycles. The Hall–Kier alpha value is -1.72. The number of pyridine rings is 1. The Kier molecular flexibility index (Phi) is 5.09. The van der Waals surface area contributed by atoms with Crippen molar-refractivity contribution in [3.05, 3.63) is 58.8 Å². The molecule has 0 bridgehead atoms.